The summed E-state index contributed by atoms with van der Waals surface area (Å²) in [6, 6.07) is 11.3. The molecule has 1 N–H and O–H groups in total. The molecular formula is C38H54O10Si. The molecule has 49 heavy (non-hydrogen) atoms. The maximum Gasteiger partial charge on any atom is 0.338 e. The SMILES string of the molecule is CC[Si](CC)(CC)O[C@H]1C[C@H]2OC[C@@]2(OC(C)=O)[C@H]2[C@H](OC(=O)c3ccccc3)[C@]3(O)CC(=O)C(C)=C([C@H]4OC(C)(C)O[C@H]4[C@]12C)C3(C)C. The van der Waals surface area contributed by atoms with Crippen molar-refractivity contribution in [2.45, 2.75) is 148 Å². The van der Waals surface area contributed by atoms with Crippen LogP contribution in [0.5, 0.6) is 0 Å². The highest BCUT2D eigenvalue weighted by atomic mass is 28.4. The van der Waals surface area contributed by atoms with Crippen LogP contribution in [0.25, 0.3) is 0 Å². The van der Waals surface area contributed by atoms with Crippen LogP contribution in [0, 0.1) is 16.7 Å². The summed E-state index contributed by atoms with van der Waals surface area (Å²) in [7, 11) is -2.32. The van der Waals surface area contributed by atoms with Crippen molar-refractivity contribution in [3.63, 3.8) is 0 Å². The number of fused-ring (bicyclic) bond motifs is 8. The van der Waals surface area contributed by atoms with E-state index in [4.69, 9.17) is 28.1 Å². The molecule has 3 aliphatic carbocycles. The van der Waals surface area contributed by atoms with Gasteiger partial charge in [0.1, 0.15) is 23.9 Å². The van der Waals surface area contributed by atoms with Gasteiger partial charge < -0.3 is 33.2 Å². The third-order valence-corrected chi connectivity index (χ3v) is 17.7. The highest BCUT2D eigenvalue weighted by Gasteiger charge is 2.79. The summed E-state index contributed by atoms with van der Waals surface area (Å²) in [4.78, 5) is 41.4. The Morgan fingerprint density at radius 2 is 1.63 bits per heavy atom. The lowest BCUT2D eigenvalue weighted by atomic mass is 9.44. The Balaban J connectivity index is 1.69. The Labute approximate surface area is 291 Å². The van der Waals surface area contributed by atoms with E-state index >= 15 is 0 Å². The van der Waals surface area contributed by atoms with Crippen molar-refractivity contribution < 1.29 is 47.6 Å². The van der Waals surface area contributed by atoms with Gasteiger partial charge in [-0.3, -0.25) is 9.59 Å². The Bertz CT molecular complexity index is 1530. The fraction of sp³-hybridized carbons (Fsp3) is 0.711. The fourth-order valence-electron chi connectivity index (χ4n) is 10.0. The van der Waals surface area contributed by atoms with Gasteiger partial charge in [-0.1, -0.05) is 59.7 Å². The molecule has 2 bridgehead atoms. The zero-order valence-corrected chi connectivity index (χ0v) is 31.7. The largest absolute Gasteiger partial charge is 0.455 e. The van der Waals surface area contributed by atoms with E-state index in [2.05, 4.69) is 27.7 Å². The van der Waals surface area contributed by atoms with Gasteiger partial charge in [-0.15, -0.1) is 0 Å². The van der Waals surface area contributed by atoms with Crippen molar-refractivity contribution in [2.75, 3.05) is 6.61 Å². The molecular weight excluding hydrogens is 644 g/mol. The smallest absolute Gasteiger partial charge is 0.338 e. The summed E-state index contributed by atoms with van der Waals surface area (Å²) in [5, 5.41) is 13.4. The summed E-state index contributed by atoms with van der Waals surface area (Å²) in [6.45, 7) is 19.2. The number of hydrogen-bond donors (Lipinski definition) is 1. The van der Waals surface area contributed by atoms with Crippen LogP contribution in [0.2, 0.25) is 18.1 Å². The fourth-order valence-corrected chi connectivity index (χ4v) is 13.0. The Morgan fingerprint density at radius 1 is 1.00 bits per heavy atom. The maximum atomic E-state index is 14.2. The van der Waals surface area contributed by atoms with E-state index < -0.39 is 84.5 Å². The maximum absolute atomic E-state index is 14.2. The van der Waals surface area contributed by atoms with Crippen LogP contribution in [0.4, 0.5) is 0 Å². The third-order valence-electron chi connectivity index (χ3n) is 13.1. The van der Waals surface area contributed by atoms with Crippen molar-refractivity contribution in [2.24, 2.45) is 16.7 Å². The Kier molecular flexibility index (Phi) is 8.97. The second kappa shape index (κ2) is 12.1. The second-order valence-electron chi connectivity index (χ2n) is 16.1. The minimum Gasteiger partial charge on any atom is -0.455 e. The van der Waals surface area contributed by atoms with E-state index in [0.717, 1.165) is 18.1 Å². The number of hydrogen-bond acceptors (Lipinski definition) is 10. The van der Waals surface area contributed by atoms with Crippen LogP contribution in [0.3, 0.4) is 0 Å². The number of ether oxygens (including phenoxy) is 5. The molecule has 10 nitrogen and oxygen atoms in total. The van der Waals surface area contributed by atoms with Crippen molar-refractivity contribution >= 4 is 26.0 Å². The van der Waals surface area contributed by atoms with Gasteiger partial charge in [-0.25, -0.2) is 4.79 Å². The van der Waals surface area contributed by atoms with Crippen molar-refractivity contribution in [1.29, 1.82) is 0 Å². The van der Waals surface area contributed by atoms with E-state index in [0.29, 0.717) is 23.1 Å². The van der Waals surface area contributed by atoms with Crippen LogP contribution in [-0.4, -0.2) is 85.3 Å². The molecule has 0 aromatic heterocycles. The van der Waals surface area contributed by atoms with E-state index in [-0.39, 0.29) is 18.8 Å². The van der Waals surface area contributed by atoms with Gasteiger partial charge in [0.15, 0.2) is 25.5 Å². The Morgan fingerprint density at radius 3 is 2.18 bits per heavy atom. The van der Waals surface area contributed by atoms with Crippen LogP contribution < -0.4 is 0 Å². The summed E-state index contributed by atoms with van der Waals surface area (Å²) < 4.78 is 40.5. The number of benzene rings is 1. The van der Waals surface area contributed by atoms with Crippen LogP contribution >= 0.6 is 0 Å². The standard InChI is InChI=1S/C38H54O10Si/c1-11-49(12-2,13-3)48-26-19-27-37(21-43-27,45-23(5)39)30-32(44-33(41)24-17-15-14-16-18-24)38(42)20-25(40)22(4)28(34(38,6)7)29-31(36(26,30)10)47-35(8,9)46-29/h14-18,26-27,29-32,42H,11-13,19-21H2,1-10H3/t26-,27+,29+,30-,31+,32-,36+,37-,38+/m0/s1. The van der Waals surface area contributed by atoms with Gasteiger partial charge >= 0.3 is 11.9 Å². The molecule has 0 spiro atoms. The number of ketones is 1. The van der Waals surface area contributed by atoms with Crippen molar-refractivity contribution in [3.05, 3.63) is 47.0 Å². The highest BCUT2D eigenvalue weighted by molar-refractivity contribution is 6.73. The molecule has 2 heterocycles. The number of rotatable bonds is 8. The summed E-state index contributed by atoms with van der Waals surface area (Å²) >= 11 is 0. The normalized spacial score (nSPS) is 39.0. The lowest BCUT2D eigenvalue weighted by Crippen LogP contribution is -2.82. The summed E-state index contributed by atoms with van der Waals surface area (Å²) in [5.74, 6) is -3.45. The second-order valence-corrected chi connectivity index (χ2v) is 20.9. The lowest BCUT2D eigenvalue weighted by Gasteiger charge is -2.69. The first-order valence-electron chi connectivity index (χ1n) is 17.9. The summed E-state index contributed by atoms with van der Waals surface area (Å²) in [6.07, 6.45) is -3.85. The number of Topliss-reactive ketones (excluding diaryl/α,β-unsaturated/α-hetero) is 1. The molecule has 270 valence electrons. The first-order chi connectivity index (χ1) is 22.9. The van der Waals surface area contributed by atoms with Crippen LogP contribution in [-0.2, 0) is 37.7 Å². The number of allylic oxidation sites excluding steroid dienone is 1. The average Bonchev–Trinajstić information content (AvgIpc) is 3.36. The molecule has 0 amide bonds. The van der Waals surface area contributed by atoms with Crippen LogP contribution in [0.1, 0.15) is 92.4 Å². The molecule has 2 saturated carbocycles. The third kappa shape index (κ3) is 5.24. The van der Waals surface area contributed by atoms with Gasteiger partial charge in [0.25, 0.3) is 0 Å². The topological polar surface area (TPSA) is 127 Å². The molecule has 5 aliphatic rings. The molecule has 0 unspecified atom stereocenters. The molecule has 11 heteroatoms. The monoisotopic (exact) mass is 698 g/mol. The first-order valence-corrected chi connectivity index (χ1v) is 20.5. The molecule has 0 radical (unpaired) electrons. The number of carbonyl (C=O) groups is 3. The zero-order chi connectivity index (χ0) is 35.9. The van der Waals surface area contributed by atoms with E-state index in [1.807, 2.05) is 27.7 Å². The van der Waals surface area contributed by atoms with Gasteiger partial charge in [0.05, 0.1) is 30.3 Å². The molecule has 2 aliphatic heterocycles. The van der Waals surface area contributed by atoms with E-state index in [9.17, 15) is 19.5 Å². The first kappa shape index (κ1) is 36.4. The van der Waals surface area contributed by atoms with Gasteiger partial charge in [-0.05, 0) is 62.2 Å². The van der Waals surface area contributed by atoms with Crippen molar-refractivity contribution in [3.8, 4) is 0 Å². The minimum atomic E-state index is -2.32. The van der Waals surface area contributed by atoms with Gasteiger partial charge in [0, 0.05) is 30.6 Å². The number of carbonyl (C=O) groups excluding carboxylic acids is 3. The van der Waals surface area contributed by atoms with Gasteiger partial charge in [-0.2, -0.15) is 0 Å². The average molecular weight is 699 g/mol. The highest BCUT2D eigenvalue weighted by Crippen LogP contribution is 2.67. The van der Waals surface area contributed by atoms with Crippen molar-refractivity contribution in [1.82, 2.24) is 0 Å². The number of aliphatic hydroxyl groups is 1. The molecule has 1 aromatic rings. The molecule has 2 saturated heterocycles. The Hall–Kier alpha value is -2.41. The predicted molar refractivity (Wildman–Crippen MR) is 183 cm³/mol. The molecule has 9 atom stereocenters. The number of esters is 2. The molecule has 4 fully saturated rings. The van der Waals surface area contributed by atoms with E-state index in [1.54, 1.807) is 37.3 Å². The van der Waals surface area contributed by atoms with E-state index in [1.165, 1.54) is 6.92 Å². The molecule has 6 rings (SSSR count). The van der Waals surface area contributed by atoms with Gasteiger partial charge in [0.2, 0.25) is 0 Å². The van der Waals surface area contributed by atoms with Crippen LogP contribution in [0.15, 0.2) is 41.5 Å². The molecule has 1 aromatic carbocycles. The zero-order valence-electron chi connectivity index (χ0n) is 30.7. The minimum absolute atomic E-state index is 0.0231. The predicted octanol–water partition coefficient (Wildman–Crippen LogP) is 5.91. The summed E-state index contributed by atoms with van der Waals surface area (Å²) in [5.41, 5.74) is -4.07. The quantitative estimate of drug-likeness (QED) is 0.259. The lowest BCUT2D eigenvalue weighted by molar-refractivity contribution is -0.359.